The number of piperazine rings is 1. The molecule has 132 valence electrons. The van der Waals surface area contributed by atoms with Crippen LogP contribution in [0.15, 0.2) is 12.1 Å². The van der Waals surface area contributed by atoms with Gasteiger partial charge in [-0.15, -0.1) is 24.8 Å². The Hall–Kier alpha value is -0.420. The monoisotopic (exact) mass is 366 g/mol. The number of hydrogen-bond acceptors (Lipinski definition) is 2. The lowest BCUT2D eigenvalue weighted by atomic mass is 9.88. The van der Waals surface area contributed by atoms with Crippen LogP contribution in [0.4, 0.5) is 8.78 Å². The number of benzene rings is 1. The summed E-state index contributed by atoms with van der Waals surface area (Å²) in [7, 11) is 0. The minimum absolute atomic E-state index is 0. The van der Waals surface area contributed by atoms with E-state index in [1.165, 1.54) is 12.8 Å². The Morgan fingerprint density at radius 3 is 2.26 bits per heavy atom. The Kier molecular flexibility index (Phi) is 8.22. The van der Waals surface area contributed by atoms with E-state index in [-0.39, 0.29) is 30.9 Å². The molecule has 1 aliphatic heterocycles. The van der Waals surface area contributed by atoms with Crippen molar-refractivity contribution in [3.63, 3.8) is 0 Å². The Labute approximate surface area is 149 Å². The lowest BCUT2D eigenvalue weighted by Crippen LogP contribution is -2.47. The summed E-state index contributed by atoms with van der Waals surface area (Å²) in [4.78, 5) is 2.35. The van der Waals surface area contributed by atoms with E-state index in [4.69, 9.17) is 0 Å². The van der Waals surface area contributed by atoms with Gasteiger partial charge in [0.25, 0.3) is 0 Å². The average Bonchev–Trinajstić information content (AvgIpc) is 3.03. The largest absolute Gasteiger partial charge is 0.314 e. The molecule has 1 saturated carbocycles. The van der Waals surface area contributed by atoms with Gasteiger partial charge in [0, 0.05) is 37.8 Å². The van der Waals surface area contributed by atoms with Crippen LogP contribution in [0.25, 0.3) is 0 Å². The molecule has 1 saturated heterocycles. The molecule has 0 bridgehead atoms. The zero-order valence-corrected chi connectivity index (χ0v) is 15.1. The molecule has 0 unspecified atom stereocenters. The molecule has 2 aliphatic rings. The van der Waals surface area contributed by atoms with Crippen LogP contribution in [0.5, 0.6) is 0 Å². The van der Waals surface area contributed by atoms with Gasteiger partial charge in [-0.05, 0) is 31.2 Å². The minimum Gasteiger partial charge on any atom is -0.314 e. The van der Waals surface area contributed by atoms with Crippen LogP contribution in [0.2, 0.25) is 0 Å². The van der Waals surface area contributed by atoms with Gasteiger partial charge in [0.2, 0.25) is 0 Å². The van der Waals surface area contributed by atoms with E-state index in [9.17, 15) is 8.78 Å². The summed E-state index contributed by atoms with van der Waals surface area (Å²) >= 11 is 0. The van der Waals surface area contributed by atoms with Gasteiger partial charge < -0.3 is 5.32 Å². The van der Waals surface area contributed by atoms with Crippen LogP contribution in [-0.4, -0.2) is 31.1 Å². The molecular formula is C17H26Cl2F2N2. The molecule has 6 heteroatoms. The zero-order valence-electron chi connectivity index (χ0n) is 13.5. The van der Waals surface area contributed by atoms with Crippen molar-refractivity contribution in [2.45, 2.75) is 38.6 Å². The van der Waals surface area contributed by atoms with Crippen LogP contribution in [0.3, 0.4) is 0 Å². The van der Waals surface area contributed by atoms with E-state index in [0.29, 0.717) is 17.0 Å². The van der Waals surface area contributed by atoms with Crippen LogP contribution in [0.1, 0.15) is 42.9 Å². The van der Waals surface area contributed by atoms with E-state index in [0.717, 1.165) is 39.0 Å². The van der Waals surface area contributed by atoms with Crippen molar-refractivity contribution >= 4 is 24.8 Å². The second-order valence-corrected chi connectivity index (χ2v) is 6.37. The summed E-state index contributed by atoms with van der Waals surface area (Å²) in [5.41, 5.74) is 0.952. The zero-order chi connectivity index (χ0) is 14.8. The first kappa shape index (κ1) is 20.6. The highest BCUT2D eigenvalue weighted by Gasteiger charge is 2.34. The third kappa shape index (κ3) is 4.36. The van der Waals surface area contributed by atoms with Gasteiger partial charge in [-0.3, -0.25) is 4.90 Å². The van der Waals surface area contributed by atoms with Crippen LogP contribution in [-0.2, 0) is 0 Å². The smallest absolute Gasteiger partial charge is 0.163 e. The standard InChI is InChI=1S/C17H24F2N2.2ClH/c1-12-6-7-14(16(19)15(12)18)17(13-4-2-3-5-13)21-10-8-20-9-11-21;;/h6-7,13,17,20H,2-5,8-11H2,1H3;2*1H/t17-;;/m0../s1. The van der Waals surface area contributed by atoms with Gasteiger partial charge in [-0.25, -0.2) is 8.78 Å². The van der Waals surface area contributed by atoms with Gasteiger partial charge in [0.05, 0.1) is 0 Å². The molecule has 2 fully saturated rings. The molecule has 0 spiro atoms. The molecule has 2 nitrogen and oxygen atoms in total. The van der Waals surface area contributed by atoms with Crippen molar-refractivity contribution in [1.29, 1.82) is 0 Å². The van der Waals surface area contributed by atoms with Gasteiger partial charge in [-0.1, -0.05) is 25.0 Å². The Morgan fingerprint density at radius 2 is 1.65 bits per heavy atom. The lowest BCUT2D eigenvalue weighted by molar-refractivity contribution is 0.122. The van der Waals surface area contributed by atoms with Gasteiger partial charge in [-0.2, -0.15) is 0 Å². The third-order valence-electron chi connectivity index (χ3n) is 5.02. The van der Waals surface area contributed by atoms with Crippen LogP contribution in [0, 0.1) is 24.5 Å². The fraction of sp³-hybridized carbons (Fsp3) is 0.647. The maximum atomic E-state index is 14.5. The predicted octanol–water partition coefficient (Wildman–Crippen LogP) is 4.25. The van der Waals surface area contributed by atoms with Crippen molar-refractivity contribution in [3.8, 4) is 0 Å². The topological polar surface area (TPSA) is 15.3 Å². The first-order chi connectivity index (χ1) is 10.2. The second-order valence-electron chi connectivity index (χ2n) is 6.37. The Morgan fingerprint density at radius 1 is 1.04 bits per heavy atom. The van der Waals surface area contributed by atoms with Crippen molar-refractivity contribution < 1.29 is 8.78 Å². The molecule has 0 amide bonds. The molecular weight excluding hydrogens is 341 g/mol. The second kappa shape index (κ2) is 9.16. The average molecular weight is 367 g/mol. The molecule has 3 rings (SSSR count). The highest BCUT2D eigenvalue weighted by Crippen LogP contribution is 2.41. The molecule has 0 aromatic heterocycles. The number of nitrogens with zero attached hydrogens (tertiary/aromatic N) is 1. The summed E-state index contributed by atoms with van der Waals surface area (Å²) in [6.45, 7) is 5.31. The number of halogens is 4. The van der Waals surface area contributed by atoms with E-state index in [1.807, 2.05) is 0 Å². The Balaban J connectivity index is 0.00000132. The molecule has 1 aromatic carbocycles. The number of nitrogens with one attached hydrogen (secondary N) is 1. The number of hydrogen-bond donors (Lipinski definition) is 1. The van der Waals surface area contributed by atoms with Crippen molar-refractivity contribution in [2.24, 2.45) is 5.92 Å². The number of rotatable bonds is 3. The maximum Gasteiger partial charge on any atom is 0.163 e. The van der Waals surface area contributed by atoms with Crippen molar-refractivity contribution in [1.82, 2.24) is 10.2 Å². The molecule has 1 N–H and O–H groups in total. The van der Waals surface area contributed by atoms with E-state index >= 15 is 0 Å². The highest BCUT2D eigenvalue weighted by molar-refractivity contribution is 5.85. The maximum absolute atomic E-state index is 14.5. The molecule has 1 aliphatic carbocycles. The SMILES string of the molecule is Cc1ccc([C@H](C2CCCC2)N2CCNCC2)c(F)c1F.Cl.Cl. The first-order valence-corrected chi connectivity index (χ1v) is 8.07. The van der Waals surface area contributed by atoms with Crippen molar-refractivity contribution in [2.75, 3.05) is 26.2 Å². The Bertz CT molecular complexity index is 502. The minimum atomic E-state index is -0.675. The van der Waals surface area contributed by atoms with E-state index < -0.39 is 11.6 Å². The van der Waals surface area contributed by atoms with Gasteiger partial charge in [0.15, 0.2) is 11.6 Å². The van der Waals surface area contributed by atoms with Crippen LogP contribution >= 0.6 is 24.8 Å². The van der Waals surface area contributed by atoms with Crippen LogP contribution < -0.4 is 5.32 Å². The molecule has 1 atom stereocenters. The van der Waals surface area contributed by atoms with Gasteiger partial charge in [0.1, 0.15) is 0 Å². The molecule has 1 aromatic rings. The molecule has 0 radical (unpaired) electrons. The molecule has 23 heavy (non-hydrogen) atoms. The van der Waals surface area contributed by atoms with E-state index in [2.05, 4.69) is 10.2 Å². The summed E-state index contributed by atoms with van der Waals surface area (Å²) in [6.07, 6.45) is 4.68. The fourth-order valence-electron chi connectivity index (χ4n) is 3.87. The predicted molar refractivity (Wildman–Crippen MR) is 94.7 cm³/mol. The highest BCUT2D eigenvalue weighted by atomic mass is 35.5. The molecule has 1 heterocycles. The fourth-order valence-corrected chi connectivity index (χ4v) is 3.87. The summed E-state index contributed by atoms with van der Waals surface area (Å²) < 4.78 is 28.5. The first-order valence-electron chi connectivity index (χ1n) is 8.07. The van der Waals surface area contributed by atoms with E-state index in [1.54, 1.807) is 19.1 Å². The number of aryl methyl sites for hydroxylation is 1. The van der Waals surface area contributed by atoms with Gasteiger partial charge >= 0.3 is 0 Å². The lowest BCUT2D eigenvalue weighted by Gasteiger charge is -2.38. The summed E-state index contributed by atoms with van der Waals surface area (Å²) in [5, 5.41) is 3.34. The quantitative estimate of drug-likeness (QED) is 0.859. The summed E-state index contributed by atoms with van der Waals surface area (Å²) in [5.74, 6) is -0.851. The normalized spacial score (nSPS) is 20.7. The third-order valence-corrected chi connectivity index (χ3v) is 5.02. The summed E-state index contributed by atoms with van der Waals surface area (Å²) in [6, 6.07) is 3.56. The van der Waals surface area contributed by atoms with Crippen molar-refractivity contribution in [3.05, 3.63) is 34.9 Å².